The van der Waals surface area contributed by atoms with Crippen molar-refractivity contribution in [2.24, 2.45) is 0 Å². The van der Waals surface area contributed by atoms with Gasteiger partial charge in [-0.2, -0.15) is 0 Å². The third-order valence-electron chi connectivity index (χ3n) is 7.52. The van der Waals surface area contributed by atoms with Gasteiger partial charge in [0.1, 0.15) is 6.04 Å². The number of fused-ring (bicyclic) bond motifs is 3. The molecule has 2 atom stereocenters. The molecule has 1 fully saturated rings. The number of morpholine rings is 1. The van der Waals surface area contributed by atoms with E-state index in [1.807, 2.05) is 18.2 Å². The molecule has 2 aliphatic rings. The van der Waals surface area contributed by atoms with Gasteiger partial charge in [-0.15, -0.1) is 0 Å². The van der Waals surface area contributed by atoms with Gasteiger partial charge >= 0.3 is 5.97 Å². The van der Waals surface area contributed by atoms with E-state index in [1.165, 1.54) is 29.3 Å². The van der Waals surface area contributed by atoms with Gasteiger partial charge in [0, 0.05) is 48.3 Å². The monoisotopic (exact) mass is 481 g/mol. The van der Waals surface area contributed by atoms with E-state index in [1.54, 1.807) is 0 Å². The molecule has 36 heavy (non-hydrogen) atoms. The number of nitrogens with one attached hydrogen (secondary N) is 1. The zero-order chi connectivity index (χ0) is 24.5. The molecule has 0 radical (unpaired) electrons. The number of carbonyl (C=O) groups is 1. The van der Waals surface area contributed by atoms with Crippen LogP contribution in [0.15, 0.2) is 78.9 Å². The van der Waals surface area contributed by atoms with E-state index in [0.717, 1.165) is 43.1 Å². The highest BCUT2D eigenvalue weighted by Gasteiger charge is 2.41. The van der Waals surface area contributed by atoms with Crippen LogP contribution in [0.3, 0.4) is 0 Å². The van der Waals surface area contributed by atoms with Crippen molar-refractivity contribution in [1.29, 1.82) is 0 Å². The Balaban J connectivity index is 1.47. The molecule has 3 aromatic carbocycles. The van der Waals surface area contributed by atoms with Gasteiger partial charge in [-0.3, -0.25) is 9.69 Å². The van der Waals surface area contributed by atoms with Gasteiger partial charge in [-0.05, 0) is 34.9 Å². The maximum absolute atomic E-state index is 13.2. The van der Waals surface area contributed by atoms with E-state index in [4.69, 9.17) is 9.47 Å². The predicted molar refractivity (Wildman–Crippen MR) is 141 cm³/mol. The zero-order valence-corrected chi connectivity index (χ0v) is 20.5. The first-order chi connectivity index (χ1) is 17.7. The molecular formula is C30H31N3O3. The maximum Gasteiger partial charge on any atom is 0.323 e. The molecule has 3 heterocycles. The third kappa shape index (κ3) is 4.16. The Morgan fingerprint density at radius 3 is 2.44 bits per heavy atom. The lowest BCUT2D eigenvalue weighted by atomic mass is 9.87. The quantitative estimate of drug-likeness (QED) is 0.419. The van der Waals surface area contributed by atoms with Crippen LogP contribution in [0.1, 0.15) is 28.4 Å². The van der Waals surface area contributed by atoms with Gasteiger partial charge in [-0.25, -0.2) is 0 Å². The van der Waals surface area contributed by atoms with Crippen molar-refractivity contribution in [3.05, 3.63) is 101 Å². The molecule has 1 aromatic heterocycles. The smallest absolute Gasteiger partial charge is 0.323 e. The number of benzene rings is 3. The number of aromatic nitrogens is 1. The first kappa shape index (κ1) is 22.8. The van der Waals surface area contributed by atoms with Gasteiger partial charge < -0.3 is 19.4 Å². The minimum absolute atomic E-state index is 0.107. The van der Waals surface area contributed by atoms with Crippen molar-refractivity contribution in [2.75, 3.05) is 38.3 Å². The average molecular weight is 482 g/mol. The summed E-state index contributed by atoms with van der Waals surface area (Å²) in [6.45, 7) is 3.97. The normalized spacial score (nSPS) is 20.3. The van der Waals surface area contributed by atoms with E-state index in [-0.39, 0.29) is 18.1 Å². The van der Waals surface area contributed by atoms with E-state index < -0.39 is 0 Å². The SMILES string of the molecule is COC(=O)[C@H]1Cc2c([nH]c3ccccc23)C(c2ccc(N3CCOCC3)cc2)N1Cc1ccccc1. The number of para-hydroxylation sites is 1. The van der Waals surface area contributed by atoms with Gasteiger partial charge in [0.05, 0.1) is 26.4 Å². The van der Waals surface area contributed by atoms with Crippen LogP contribution >= 0.6 is 0 Å². The molecule has 0 amide bonds. The van der Waals surface area contributed by atoms with Crippen LogP contribution in [0, 0.1) is 0 Å². The molecule has 6 heteroatoms. The van der Waals surface area contributed by atoms with E-state index in [2.05, 4.69) is 75.4 Å². The van der Waals surface area contributed by atoms with E-state index in [9.17, 15) is 4.79 Å². The minimum atomic E-state index is -0.383. The highest BCUT2D eigenvalue weighted by Crippen LogP contribution is 2.42. The van der Waals surface area contributed by atoms with Crippen LogP contribution in [-0.4, -0.2) is 55.3 Å². The Morgan fingerprint density at radius 2 is 1.69 bits per heavy atom. The van der Waals surface area contributed by atoms with Crippen LogP contribution < -0.4 is 4.90 Å². The Bertz CT molecular complexity index is 1340. The predicted octanol–water partition coefficient (Wildman–Crippen LogP) is 4.69. The fourth-order valence-corrected chi connectivity index (χ4v) is 5.73. The van der Waals surface area contributed by atoms with Crippen molar-refractivity contribution in [2.45, 2.75) is 25.0 Å². The second kappa shape index (κ2) is 9.80. The van der Waals surface area contributed by atoms with Crippen molar-refractivity contribution >= 4 is 22.6 Å². The van der Waals surface area contributed by atoms with Crippen LogP contribution in [0.2, 0.25) is 0 Å². The largest absolute Gasteiger partial charge is 0.468 e. The molecule has 0 bridgehead atoms. The lowest BCUT2D eigenvalue weighted by Gasteiger charge is -2.41. The topological polar surface area (TPSA) is 57.8 Å². The summed E-state index contributed by atoms with van der Waals surface area (Å²) in [6.07, 6.45) is 0.612. The molecule has 1 unspecified atom stereocenters. The van der Waals surface area contributed by atoms with Gasteiger partial charge in [0.2, 0.25) is 0 Å². The molecule has 4 aromatic rings. The number of rotatable bonds is 5. The molecular weight excluding hydrogens is 450 g/mol. The van der Waals surface area contributed by atoms with Crippen molar-refractivity contribution in [3.63, 3.8) is 0 Å². The Hall–Kier alpha value is -3.61. The Kier molecular flexibility index (Phi) is 6.21. The number of H-pyrrole nitrogens is 1. The Morgan fingerprint density at radius 1 is 0.972 bits per heavy atom. The minimum Gasteiger partial charge on any atom is -0.468 e. The highest BCUT2D eigenvalue weighted by molar-refractivity contribution is 5.87. The van der Waals surface area contributed by atoms with E-state index >= 15 is 0 Å². The zero-order valence-electron chi connectivity index (χ0n) is 20.5. The summed E-state index contributed by atoms with van der Waals surface area (Å²) in [4.78, 5) is 21.6. The van der Waals surface area contributed by atoms with Gasteiger partial charge in [0.15, 0.2) is 0 Å². The summed E-state index contributed by atoms with van der Waals surface area (Å²) < 4.78 is 10.9. The molecule has 1 saturated heterocycles. The molecule has 6 rings (SSSR count). The fourth-order valence-electron chi connectivity index (χ4n) is 5.73. The van der Waals surface area contributed by atoms with Crippen molar-refractivity contribution in [1.82, 2.24) is 9.88 Å². The highest BCUT2D eigenvalue weighted by atomic mass is 16.5. The maximum atomic E-state index is 13.2. The summed E-state index contributed by atoms with van der Waals surface area (Å²) in [5.74, 6) is -0.197. The summed E-state index contributed by atoms with van der Waals surface area (Å²) in [7, 11) is 1.49. The Labute approximate surface area is 211 Å². The first-order valence-electron chi connectivity index (χ1n) is 12.6. The average Bonchev–Trinajstić information content (AvgIpc) is 3.31. The molecule has 6 nitrogen and oxygen atoms in total. The molecule has 1 N–H and O–H groups in total. The third-order valence-corrected chi connectivity index (χ3v) is 7.52. The molecule has 0 saturated carbocycles. The van der Waals surface area contributed by atoms with Crippen molar-refractivity contribution < 1.29 is 14.3 Å². The summed E-state index contributed by atoms with van der Waals surface area (Å²) in [5, 5.41) is 1.18. The first-order valence-corrected chi connectivity index (χ1v) is 12.6. The number of aromatic amines is 1. The second-order valence-corrected chi connectivity index (χ2v) is 9.56. The number of carbonyl (C=O) groups excluding carboxylic acids is 1. The number of hydrogen-bond donors (Lipinski definition) is 1. The second-order valence-electron chi connectivity index (χ2n) is 9.56. The molecule has 0 aliphatic carbocycles. The number of ether oxygens (including phenoxy) is 2. The standard InChI is InChI=1S/C30H31N3O3/c1-35-30(34)27-19-25-24-9-5-6-10-26(24)31-28(25)29(33(27)20-21-7-3-2-4-8-21)22-11-13-23(14-12-22)32-15-17-36-18-16-32/h2-14,27,29,31H,15-20H2,1H3/t27-,29?/m1/s1. The summed E-state index contributed by atoms with van der Waals surface area (Å²) in [5.41, 5.74) is 6.99. The lowest BCUT2D eigenvalue weighted by molar-refractivity contribution is -0.148. The fraction of sp³-hybridized carbons (Fsp3) is 0.300. The molecule has 0 spiro atoms. The lowest BCUT2D eigenvalue weighted by Crippen LogP contribution is -2.48. The van der Waals surface area contributed by atoms with Crippen LogP contribution in [0.4, 0.5) is 5.69 Å². The summed E-state index contributed by atoms with van der Waals surface area (Å²) in [6, 6.07) is 27.1. The summed E-state index contributed by atoms with van der Waals surface area (Å²) >= 11 is 0. The number of anilines is 1. The number of nitrogens with zero attached hydrogens (tertiary/aromatic N) is 2. The van der Waals surface area contributed by atoms with Crippen LogP contribution in [0.25, 0.3) is 10.9 Å². The molecule has 184 valence electrons. The number of methoxy groups -OCH3 is 1. The van der Waals surface area contributed by atoms with Gasteiger partial charge in [-0.1, -0.05) is 60.7 Å². The number of hydrogen-bond acceptors (Lipinski definition) is 5. The van der Waals surface area contributed by atoms with Crippen molar-refractivity contribution in [3.8, 4) is 0 Å². The number of esters is 1. The van der Waals surface area contributed by atoms with Gasteiger partial charge in [0.25, 0.3) is 0 Å². The molecule has 2 aliphatic heterocycles. The van der Waals surface area contributed by atoms with E-state index in [0.29, 0.717) is 13.0 Å². The van der Waals surface area contributed by atoms with Crippen LogP contribution in [0.5, 0.6) is 0 Å². The van der Waals surface area contributed by atoms with Crippen LogP contribution in [-0.2, 0) is 27.2 Å².